The van der Waals surface area contributed by atoms with Crippen molar-refractivity contribution in [2.45, 2.75) is 38.7 Å². The van der Waals surface area contributed by atoms with Gasteiger partial charge in [-0.3, -0.25) is 9.59 Å². The van der Waals surface area contributed by atoms with E-state index >= 15 is 0 Å². The van der Waals surface area contributed by atoms with Crippen molar-refractivity contribution in [3.63, 3.8) is 0 Å². The Morgan fingerprint density at radius 1 is 1.18 bits per heavy atom. The summed E-state index contributed by atoms with van der Waals surface area (Å²) < 4.78 is 10.6. The highest BCUT2D eigenvalue weighted by Gasteiger charge is 2.38. The molecule has 0 radical (unpaired) electrons. The highest BCUT2D eigenvalue weighted by molar-refractivity contribution is 6.06. The largest absolute Gasteiger partial charge is 0.497 e. The second kappa shape index (κ2) is 6.34. The number of methoxy groups -OCH3 is 1. The van der Waals surface area contributed by atoms with Crippen molar-refractivity contribution in [1.82, 2.24) is 0 Å². The molecule has 2 rings (SSSR count). The molecule has 4 heteroatoms. The highest BCUT2D eigenvalue weighted by atomic mass is 16.6. The van der Waals surface area contributed by atoms with Gasteiger partial charge in [0.1, 0.15) is 17.3 Å². The molecule has 0 fully saturated rings. The third-order valence-electron chi connectivity index (χ3n) is 3.59. The first-order valence-electron chi connectivity index (χ1n) is 7.39. The molecule has 1 aliphatic rings. The van der Waals surface area contributed by atoms with Crippen LogP contribution in [0.4, 0.5) is 0 Å². The van der Waals surface area contributed by atoms with Crippen LogP contribution in [-0.2, 0) is 14.3 Å². The first-order chi connectivity index (χ1) is 10.3. The third kappa shape index (κ3) is 3.75. The molecule has 0 amide bonds. The number of hydrogen-bond donors (Lipinski definition) is 0. The van der Waals surface area contributed by atoms with Crippen molar-refractivity contribution in [2.75, 3.05) is 7.11 Å². The number of ether oxygens (including phenoxy) is 2. The smallest absolute Gasteiger partial charge is 0.318 e. The molecule has 0 saturated carbocycles. The van der Waals surface area contributed by atoms with Crippen LogP contribution in [0.5, 0.6) is 5.75 Å². The maximum Gasteiger partial charge on any atom is 0.318 e. The molecule has 0 heterocycles. The molecule has 4 nitrogen and oxygen atoms in total. The van der Waals surface area contributed by atoms with E-state index in [9.17, 15) is 9.59 Å². The summed E-state index contributed by atoms with van der Waals surface area (Å²) in [4.78, 5) is 24.6. The number of benzene rings is 1. The third-order valence-corrected chi connectivity index (χ3v) is 3.59. The van der Waals surface area contributed by atoms with Gasteiger partial charge >= 0.3 is 5.97 Å². The fraction of sp³-hybridized carbons (Fsp3) is 0.444. The lowest BCUT2D eigenvalue weighted by Crippen LogP contribution is -2.37. The van der Waals surface area contributed by atoms with Gasteiger partial charge in [-0.1, -0.05) is 18.2 Å². The molecule has 0 aliphatic heterocycles. The number of ketones is 1. The molecule has 0 saturated heterocycles. The Labute approximate surface area is 131 Å². The minimum Gasteiger partial charge on any atom is -0.497 e. The second-order valence-electron chi connectivity index (χ2n) is 6.43. The number of allylic oxidation sites excluding steroid dienone is 2. The molecule has 0 aromatic heterocycles. The van der Waals surface area contributed by atoms with Crippen LogP contribution >= 0.6 is 0 Å². The quantitative estimate of drug-likeness (QED) is 0.635. The summed E-state index contributed by atoms with van der Waals surface area (Å²) in [5, 5.41) is 0. The number of carbonyl (C=O) groups is 2. The van der Waals surface area contributed by atoms with Gasteiger partial charge in [-0.25, -0.2) is 0 Å². The van der Waals surface area contributed by atoms with Crippen LogP contribution in [0.3, 0.4) is 0 Å². The summed E-state index contributed by atoms with van der Waals surface area (Å²) in [6.07, 6.45) is 3.94. The molecule has 0 unspecified atom stereocenters. The molecule has 0 bridgehead atoms. The SMILES string of the molecule is COc1ccc([C@@H]2CC=CC(=O)[C@H]2C(=O)OC(C)(C)C)cc1. The van der Waals surface area contributed by atoms with Crippen molar-refractivity contribution in [2.24, 2.45) is 5.92 Å². The van der Waals surface area contributed by atoms with E-state index in [2.05, 4.69) is 0 Å². The zero-order valence-electron chi connectivity index (χ0n) is 13.5. The number of carbonyl (C=O) groups excluding carboxylic acids is 2. The van der Waals surface area contributed by atoms with E-state index in [-0.39, 0.29) is 11.7 Å². The van der Waals surface area contributed by atoms with Crippen molar-refractivity contribution in [3.8, 4) is 5.75 Å². The molecule has 1 aromatic rings. The summed E-state index contributed by atoms with van der Waals surface area (Å²) in [5.41, 5.74) is 0.331. The molecule has 22 heavy (non-hydrogen) atoms. The fourth-order valence-electron chi connectivity index (χ4n) is 2.59. The Balaban J connectivity index is 2.28. The Morgan fingerprint density at radius 3 is 2.36 bits per heavy atom. The lowest BCUT2D eigenvalue weighted by atomic mass is 9.77. The van der Waals surface area contributed by atoms with Gasteiger partial charge in [0.05, 0.1) is 7.11 Å². The molecule has 2 atom stereocenters. The van der Waals surface area contributed by atoms with Crippen LogP contribution in [0.25, 0.3) is 0 Å². The van der Waals surface area contributed by atoms with Gasteiger partial charge in [0.25, 0.3) is 0 Å². The van der Waals surface area contributed by atoms with E-state index in [1.54, 1.807) is 27.9 Å². The van der Waals surface area contributed by atoms with E-state index in [0.29, 0.717) is 6.42 Å². The molecule has 0 spiro atoms. The fourth-order valence-corrected chi connectivity index (χ4v) is 2.59. The van der Waals surface area contributed by atoms with Crippen LogP contribution in [0.15, 0.2) is 36.4 Å². The maximum absolute atomic E-state index is 12.4. The number of hydrogen-bond acceptors (Lipinski definition) is 4. The average molecular weight is 302 g/mol. The van der Waals surface area contributed by atoms with E-state index in [4.69, 9.17) is 9.47 Å². The standard InChI is InChI=1S/C18H22O4/c1-18(2,3)22-17(20)16-14(6-5-7-15(16)19)12-8-10-13(21-4)11-9-12/h5,7-11,14,16H,6H2,1-4H3/t14-,16-/m0/s1. The zero-order valence-corrected chi connectivity index (χ0v) is 13.5. The van der Waals surface area contributed by atoms with E-state index in [1.165, 1.54) is 6.08 Å². The van der Waals surface area contributed by atoms with Crippen molar-refractivity contribution in [1.29, 1.82) is 0 Å². The molecule has 118 valence electrons. The summed E-state index contributed by atoms with van der Waals surface area (Å²) in [6, 6.07) is 7.47. The van der Waals surface area contributed by atoms with Gasteiger partial charge in [0.15, 0.2) is 5.78 Å². The predicted molar refractivity (Wildman–Crippen MR) is 83.8 cm³/mol. The lowest BCUT2D eigenvalue weighted by Gasteiger charge is -2.29. The van der Waals surface area contributed by atoms with E-state index in [1.807, 2.05) is 30.3 Å². The summed E-state index contributed by atoms with van der Waals surface area (Å²) >= 11 is 0. The van der Waals surface area contributed by atoms with Crippen LogP contribution in [-0.4, -0.2) is 24.5 Å². The van der Waals surface area contributed by atoms with Crippen LogP contribution < -0.4 is 4.74 Å². The van der Waals surface area contributed by atoms with Gasteiger partial charge < -0.3 is 9.47 Å². The van der Waals surface area contributed by atoms with Gasteiger partial charge in [-0.05, 0) is 51.0 Å². The monoisotopic (exact) mass is 302 g/mol. The zero-order chi connectivity index (χ0) is 16.3. The topological polar surface area (TPSA) is 52.6 Å². The Morgan fingerprint density at radius 2 is 1.82 bits per heavy atom. The Hall–Kier alpha value is -2.10. The predicted octanol–water partition coefficient (Wildman–Crippen LogP) is 3.27. The van der Waals surface area contributed by atoms with Gasteiger partial charge in [0.2, 0.25) is 0 Å². The summed E-state index contributed by atoms with van der Waals surface area (Å²) in [6.45, 7) is 5.41. The summed E-state index contributed by atoms with van der Waals surface area (Å²) in [5.74, 6) is -0.880. The average Bonchev–Trinajstić information content (AvgIpc) is 2.45. The van der Waals surface area contributed by atoms with E-state index in [0.717, 1.165) is 11.3 Å². The first kappa shape index (κ1) is 16.3. The van der Waals surface area contributed by atoms with Gasteiger partial charge in [-0.2, -0.15) is 0 Å². The minimum atomic E-state index is -0.780. The molecule has 1 aliphatic carbocycles. The summed E-state index contributed by atoms with van der Waals surface area (Å²) in [7, 11) is 1.60. The minimum absolute atomic E-state index is 0.193. The van der Waals surface area contributed by atoms with E-state index < -0.39 is 17.5 Å². The van der Waals surface area contributed by atoms with Gasteiger partial charge in [-0.15, -0.1) is 0 Å². The highest BCUT2D eigenvalue weighted by Crippen LogP contribution is 2.35. The number of esters is 1. The molecular formula is C18H22O4. The van der Waals surface area contributed by atoms with Crippen molar-refractivity contribution in [3.05, 3.63) is 42.0 Å². The Bertz CT molecular complexity index is 578. The van der Waals surface area contributed by atoms with Crippen LogP contribution in [0, 0.1) is 5.92 Å². The van der Waals surface area contributed by atoms with Crippen LogP contribution in [0.1, 0.15) is 38.7 Å². The first-order valence-corrected chi connectivity index (χ1v) is 7.39. The number of rotatable bonds is 3. The van der Waals surface area contributed by atoms with Crippen molar-refractivity contribution >= 4 is 11.8 Å². The van der Waals surface area contributed by atoms with Crippen LogP contribution in [0.2, 0.25) is 0 Å². The van der Waals surface area contributed by atoms with Crippen molar-refractivity contribution < 1.29 is 19.1 Å². The lowest BCUT2D eigenvalue weighted by molar-refractivity contribution is -0.162. The van der Waals surface area contributed by atoms with Gasteiger partial charge in [0, 0.05) is 5.92 Å². The maximum atomic E-state index is 12.4. The molecular weight excluding hydrogens is 280 g/mol. The molecule has 0 N–H and O–H groups in total. The normalized spacial score (nSPS) is 21.5. The Kier molecular flexibility index (Phi) is 4.69. The molecule has 1 aromatic carbocycles. The second-order valence-corrected chi connectivity index (χ2v) is 6.43.